The molecule has 1 aromatic carbocycles. The van der Waals surface area contributed by atoms with Crippen LogP contribution in [0.2, 0.25) is 5.02 Å². The third-order valence-corrected chi connectivity index (χ3v) is 3.93. The maximum absolute atomic E-state index is 12.1. The van der Waals surface area contributed by atoms with E-state index in [1.54, 1.807) is 29.0 Å². The highest BCUT2D eigenvalue weighted by Crippen LogP contribution is 2.15. The van der Waals surface area contributed by atoms with E-state index in [0.29, 0.717) is 18.1 Å². The van der Waals surface area contributed by atoms with Crippen molar-refractivity contribution in [2.45, 2.75) is 26.8 Å². The van der Waals surface area contributed by atoms with Gasteiger partial charge in [0.1, 0.15) is 0 Å². The molecule has 0 bridgehead atoms. The molecule has 0 aliphatic carbocycles. The van der Waals surface area contributed by atoms with Gasteiger partial charge in [-0.2, -0.15) is 0 Å². The second-order valence-electron chi connectivity index (χ2n) is 5.58. The van der Waals surface area contributed by atoms with Crippen LogP contribution in [0.3, 0.4) is 0 Å². The molecule has 1 aromatic rings. The van der Waals surface area contributed by atoms with Crippen LogP contribution in [-0.4, -0.2) is 54.8 Å². The molecule has 23 heavy (non-hydrogen) atoms. The zero-order valence-electron chi connectivity index (χ0n) is 14.3. The van der Waals surface area contributed by atoms with Crippen LogP contribution in [0.1, 0.15) is 32.4 Å². The molecule has 1 N–H and O–H groups in total. The van der Waals surface area contributed by atoms with Crippen LogP contribution in [0.5, 0.6) is 0 Å². The molecule has 0 fully saturated rings. The van der Waals surface area contributed by atoms with Crippen molar-refractivity contribution in [3.05, 3.63) is 34.9 Å². The largest absolute Gasteiger partial charge is 0.348 e. The fourth-order valence-electron chi connectivity index (χ4n) is 2.33. The second kappa shape index (κ2) is 9.53. The van der Waals surface area contributed by atoms with E-state index >= 15 is 0 Å². The van der Waals surface area contributed by atoms with Gasteiger partial charge in [0.05, 0.1) is 19.1 Å². The van der Waals surface area contributed by atoms with Gasteiger partial charge in [-0.15, -0.1) is 0 Å². The summed E-state index contributed by atoms with van der Waals surface area (Å²) in [5, 5.41) is 3.60. The van der Waals surface area contributed by atoms with Gasteiger partial charge in [-0.1, -0.05) is 23.7 Å². The lowest BCUT2D eigenvalue weighted by Gasteiger charge is -2.23. The van der Waals surface area contributed by atoms with Crippen molar-refractivity contribution in [2.75, 3.05) is 33.2 Å². The van der Waals surface area contributed by atoms with Crippen LogP contribution in [-0.2, 0) is 9.59 Å². The van der Waals surface area contributed by atoms with Gasteiger partial charge in [-0.3, -0.25) is 14.5 Å². The first-order valence-corrected chi connectivity index (χ1v) is 8.26. The van der Waals surface area contributed by atoms with Crippen molar-refractivity contribution in [1.29, 1.82) is 0 Å². The molecule has 0 aliphatic rings. The molecule has 128 valence electrons. The number of likely N-dealkylation sites (N-methyl/N-ethyl adjacent to an activating group) is 2. The van der Waals surface area contributed by atoms with Crippen LogP contribution in [0.15, 0.2) is 24.3 Å². The summed E-state index contributed by atoms with van der Waals surface area (Å²) in [4.78, 5) is 27.6. The van der Waals surface area contributed by atoms with Gasteiger partial charge in [0.15, 0.2) is 0 Å². The number of carbonyl (C=O) groups is 2. The zero-order chi connectivity index (χ0) is 17.4. The third-order valence-electron chi connectivity index (χ3n) is 3.68. The Morgan fingerprint density at radius 3 is 2.22 bits per heavy atom. The Labute approximate surface area is 143 Å². The van der Waals surface area contributed by atoms with Crippen molar-refractivity contribution in [2.24, 2.45) is 0 Å². The monoisotopic (exact) mass is 339 g/mol. The van der Waals surface area contributed by atoms with E-state index in [0.717, 1.165) is 5.56 Å². The number of benzene rings is 1. The van der Waals surface area contributed by atoms with Gasteiger partial charge in [0.25, 0.3) is 0 Å². The van der Waals surface area contributed by atoms with E-state index in [2.05, 4.69) is 5.32 Å². The Hall–Kier alpha value is -1.59. The van der Waals surface area contributed by atoms with Gasteiger partial charge < -0.3 is 10.2 Å². The smallest absolute Gasteiger partial charge is 0.236 e. The lowest BCUT2D eigenvalue weighted by atomic mass is 10.1. The number of amides is 2. The Kier molecular flexibility index (Phi) is 8.06. The fraction of sp³-hybridized carbons (Fsp3) is 0.529. The van der Waals surface area contributed by atoms with Crippen LogP contribution in [0.25, 0.3) is 0 Å². The lowest BCUT2D eigenvalue weighted by molar-refractivity contribution is -0.132. The molecule has 1 rings (SSSR count). The summed E-state index contributed by atoms with van der Waals surface area (Å²) < 4.78 is 0. The SMILES string of the molecule is CCN(CC)C(=O)CN(C)CC(=O)N[C@H](C)c1ccc(Cl)cc1. The quantitative estimate of drug-likeness (QED) is 0.790. The number of rotatable bonds is 8. The normalized spacial score (nSPS) is 12.1. The van der Waals surface area contributed by atoms with E-state index in [1.165, 1.54) is 0 Å². The maximum Gasteiger partial charge on any atom is 0.236 e. The standard InChI is InChI=1S/C17H26ClN3O2/c1-5-21(6-2)17(23)12-20(4)11-16(22)19-13(3)14-7-9-15(18)10-8-14/h7-10,13H,5-6,11-12H2,1-4H3,(H,19,22)/t13-/m1/s1. The first-order valence-electron chi connectivity index (χ1n) is 7.88. The Morgan fingerprint density at radius 2 is 1.70 bits per heavy atom. The summed E-state index contributed by atoms with van der Waals surface area (Å²) in [5.74, 6) is -0.0710. The highest BCUT2D eigenvalue weighted by molar-refractivity contribution is 6.30. The summed E-state index contributed by atoms with van der Waals surface area (Å²) in [6.07, 6.45) is 0. The van der Waals surface area contributed by atoms with Crippen molar-refractivity contribution in [3.8, 4) is 0 Å². The number of hydrogen-bond acceptors (Lipinski definition) is 3. The van der Waals surface area contributed by atoms with Gasteiger partial charge in [0, 0.05) is 18.1 Å². The van der Waals surface area contributed by atoms with Gasteiger partial charge in [-0.05, 0) is 45.5 Å². The van der Waals surface area contributed by atoms with E-state index in [4.69, 9.17) is 11.6 Å². The molecule has 5 nitrogen and oxygen atoms in total. The van der Waals surface area contributed by atoms with Crippen LogP contribution in [0.4, 0.5) is 0 Å². The summed E-state index contributed by atoms with van der Waals surface area (Å²) >= 11 is 5.86. The van der Waals surface area contributed by atoms with Crippen molar-refractivity contribution < 1.29 is 9.59 Å². The number of nitrogens with one attached hydrogen (secondary N) is 1. The van der Waals surface area contributed by atoms with E-state index in [1.807, 2.05) is 32.9 Å². The maximum atomic E-state index is 12.1. The van der Waals surface area contributed by atoms with Crippen LogP contribution in [0, 0.1) is 0 Å². The predicted molar refractivity (Wildman–Crippen MR) is 93.4 cm³/mol. The summed E-state index contributed by atoms with van der Waals surface area (Å²) in [7, 11) is 1.77. The van der Waals surface area contributed by atoms with E-state index in [-0.39, 0.29) is 30.9 Å². The summed E-state index contributed by atoms with van der Waals surface area (Å²) in [6, 6.07) is 7.27. The molecule has 0 spiro atoms. The minimum Gasteiger partial charge on any atom is -0.348 e. The predicted octanol–water partition coefficient (Wildman–Crippen LogP) is 2.32. The molecule has 0 aliphatic heterocycles. The van der Waals surface area contributed by atoms with Crippen LogP contribution < -0.4 is 5.32 Å². The molecule has 0 saturated carbocycles. The number of halogens is 1. The molecule has 0 aromatic heterocycles. The topological polar surface area (TPSA) is 52.7 Å². The number of nitrogens with zero attached hydrogens (tertiary/aromatic N) is 2. The first-order chi connectivity index (χ1) is 10.9. The lowest BCUT2D eigenvalue weighted by Crippen LogP contribution is -2.43. The molecule has 6 heteroatoms. The average Bonchev–Trinajstić information content (AvgIpc) is 2.48. The highest BCUT2D eigenvalue weighted by atomic mass is 35.5. The fourth-order valence-corrected chi connectivity index (χ4v) is 2.46. The number of hydrogen-bond donors (Lipinski definition) is 1. The first kappa shape index (κ1) is 19.5. The molecule has 0 heterocycles. The minimum absolute atomic E-state index is 0.0380. The van der Waals surface area contributed by atoms with Gasteiger partial charge >= 0.3 is 0 Å². The minimum atomic E-state index is -0.109. The van der Waals surface area contributed by atoms with E-state index < -0.39 is 0 Å². The Balaban J connectivity index is 2.46. The summed E-state index contributed by atoms with van der Waals surface area (Å²) in [5.41, 5.74) is 0.990. The van der Waals surface area contributed by atoms with E-state index in [9.17, 15) is 9.59 Å². The zero-order valence-corrected chi connectivity index (χ0v) is 15.1. The molecular weight excluding hydrogens is 314 g/mol. The number of carbonyl (C=O) groups excluding carboxylic acids is 2. The van der Waals surface area contributed by atoms with Crippen molar-refractivity contribution in [1.82, 2.24) is 15.1 Å². The highest BCUT2D eigenvalue weighted by Gasteiger charge is 2.16. The van der Waals surface area contributed by atoms with Crippen molar-refractivity contribution in [3.63, 3.8) is 0 Å². The Morgan fingerprint density at radius 1 is 1.13 bits per heavy atom. The van der Waals surface area contributed by atoms with Crippen LogP contribution >= 0.6 is 11.6 Å². The molecule has 0 unspecified atom stereocenters. The molecule has 1 atom stereocenters. The second-order valence-corrected chi connectivity index (χ2v) is 6.02. The molecule has 0 saturated heterocycles. The average molecular weight is 340 g/mol. The molecule has 0 radical (unpaired) electrons. The Bertz CT molecular complexity index is 515. The van der Waals surface area contributed by atoms with Gasteiger partial charge in [-0.25, -0.2) is 0 Å². The third kappa shape index (κ3) is 6.59. The molecule has 2 amide bonds. The van der Waals surface area contributed by atoms with Gasteiger partial charge in [0.2, 0.25) is 11.8 Å². The van der Waals surface area contributed by atoms with Crippen molar-refractivity contribution >= 4 is 23.4 Å². The summed E-state index contributed by atoms with van der Waals surface area (Å²) in [6.45, 7) is 7.60. The molecular formula is C17H26ClN3O2.